The first-order valence-corrected chi connectivity index (χ1v) is 10.3. The number of rotatable bonds is 5. The zero-order valence-corrected chi connectivity index (χ0v) is 16.2. The summed E-state index contributed by atoms with van der Waals surface area (Å²) in [5, 5.41) is 10.9. The molecule has 1 aliphatic heterocycles. The molecule has 146 valence electrons. The zero-order chi connectivity index (χ0) is 19.4. The lowest BCUT2D eigenvalue weighted by Crippen LogP contribution is -2.34. The van der Waals surface area contributed by atoms with Crippen molar-refractivity contribution in [3.63, 3.8) is 0 Å². The first-order valence-electron chi connectivity index (χ1n) is 8.85. The third kappa shape index (κ3) is 4.52. The summed E-state index contributed by atoms with van der Waals surface area (Å²) >= 11 is 0. The highest BCUT2D eigenvalue weighted by Crippen LogP contribution is 2.17. The van der Waals surface area contributed by atoms with Crippen LogP contribution in [0.4, 0.5) is 0 Å². The highest BCUT2D eigenvalue weighted by atomic mass is 32.2. The topological polar surface area (TPSA) is 109 Å². The lowest BCUT2D eigenvalue weighted by Gasteiger charge is -2.20. The lowest BCUT2D eigenvalue weighted by atomic mass is 10.2. The fraction of sp³-hybridized carbons (Fsp3) is 0.471. The first-order chi connectivity index (χ1) is 12.9. The second kappa shape index (κ2) is 8.15. The molecule has 0 unspecified atom stereocenters. The quantitative estimate of drug-likeness (QED) is 0.757. The van der Waals surface area contributed by atoms with E-state index in [0.29, 0.717) is 24.5 Å². The summed E-state index contributed by atoms with van der Waals surface area (Å²) in [4.78, 5) is 14.5. The number of aromatic nitrogens is 3. The SMILES string of the molecule is C[C@@H](NS(=O)(=O)c1cccc(C(=O)N2CCCNCC2)c1)c1nncn1C. The van der Waals surface area contributed by atoms with E-state index in [2.05, 4.69) is 20.2 Å². The molecule has 2 aromatic rings. The van der Waals surface area contributed by atoms with Gasteiger partial charge in [0.25, 0.3) is 5.91 Å². The van der Waals surface area contributed by atoms with E-state index in [0.717, 1.165) is 19.5 Å². The number of nitrogens with one attached hydrogen (secondary N) is 2. The van der Waals surface area contributed by atoms with Crippen LogP contribution in [0.15, 0.2) is 35.5 Å². The van der Waals surface area contributed by atoms with Gasteiger partial charge < -0.3 is 14.8 Å². The van der Waals surface area contributed by atoms with Gasteiger partial charge in [0.05, 0.1) is 10.9 Å². The van der Waals surface area contributed by atoms with Crippen molar-refractivity contribution in [2.75, 3.05) is 26.2 Å². The summed E-state index contributed by atoms with van der Waals surface area (Å²) in [6.07, 6.45) is 2.38. The Morgan fingerprint density at radius 2 is 2.11 bits per heavy atom. The summed E-state index contributed by atoms with van der Waals surface area (Å²) < 4.78 is 29.7. The number of carbonyl (C=O) groups is 1. The molecule has 1 saturated heterocycles. The Balaban J connectivity index is 1.79. The number of benzene rings is 1. The molecule has 0 saturated carbocycles. The van der Waals surface area contributed by atoms with Gasteiger partial charge in [0.1, 0.15) is 12.2 Å². The molecular formula is C17H24N6O3S. The van der Waals surface area contributed by atoms with Crippen molar-refractivity contribution in [2.45, 2.75) is 24.3 Å². The maximum absolute atomic E-state index is 12.8. The minimum absolute atomic E-state index is 0.0512. The van der Waals surface area contributed by atoms with Gasteiger partial charge in [0.2, 0.25) is 10.0 Å². The van der Waals surface area contributed by atoms with Crippen LogP contribution in [0.1, 0.15) is 35.6 Å². The van der Waals surface area contributed by atoms with Crippen molar-refractivity contribution >= 4 is 15.9 Å². The van der Waals surface area contributed by atoms with Crippen molar-refractivity contribution in [1.82, 2.24) is 29.7 Å². The number of hydrogen-bond donors (Lipinski definition) is 2. The molecule has 1 aliphatic rings. The fourth-order valence-corrected chi connectivity index (χ4v) is 4.31. The Morgan fingerprint density at radius 1 is 1.30 bits per heavy atom. The molecule has 2 heterocycles. The van der Waals surface area contributed by atoms with E-state index < -0.39 is 16.1 Å². The predicted molar refractivity (Wildman–Crippen MR) is 99.6 cm³/mol. The van der Waals surface area contributed by atoms with Crippen molar-refractivity contribution < 1.29 is 13.2 Å². The Bertz CT molecular complexity index is 903. The molecule has 27 heavy (non-hydrogen) atoms. The second-order valence-electron chi connectivity index (χ2n) is 6.57. The Morgan fingerprint density at radius 3 is 2.85 bits per heavy atom. The standard InChI is InChI=1S/C17H24N6O3S/c1-13(16-20-19-12-22(16)2)21-27(25,26)15-6-3-5-14(11-15)17(24)23-9-4-7-18-8-10-23/h3,5-6,11-13,18,21H,4,7-10H2,1-2H3/t13-/m1/s1. The van der Waals surface area contributed by atoms with Crippen LogP contribution in [0.5, 0.6) is 0 Å². The van der Waals surface area contributed by atoms with Crippen LogP contribution in [0.3, 0.4) is 0 Å². The maximum Gasteiger partial charge on any atom is 0.253 e. The number of amides is 1. The van der Waals surface area contributed by atoms with E-state index in [9.17, 15) is 13.2 Å². The molecule has 0 radical (unpaired) electrons. The average molecular weight is 392 g/mol. The number of sulfonamides is 1. The molecule has 1 aromatic carbocycles. The van der Waals surface area contributed by atoms with Crippen molar-refractivity contribution in [1.29, 1.82) is 0 Å². The van der Waals surface area contributed by atoms with Gasteiger partial charge >= 0.3 is 0 Å². The van der Waals surface area contributed by atoms with Gasteiger partial charge in [-0.2, -0.15) is 0 Å². The minimum Gasteiger partial charge on any atom is -0.337 e. The molecule has 1 atom stereocenters. The fourth-order valence-electron chi connectivity index (χ4n) is 3.07. The molecule has 2 N–H and O–H groups in total. The summed E-state index contributed by atoms with van der Waals surface area (Å²) in [5.41, 5.74) is 0.367. The van der Waals surface area contributed by atoms with Crippen LogP contribution >= 0.6 is 0 Å². The van der Waals surface area contributed by atoms with E-state index >= 15 is 0 Å². The zero-order valence-electron chi connectivity index (χ0n) is 15.4. The van der Waals surface area contributed by atoms with Gasteiger partial charge in [0.15, 0.2) is 0 Å². The average Bonchev–Trinajstić information content (AvgIpc) is 2.91. The molecule has 0 bridgehead atoms. The molecule has 0 aliphatic carbocycles. The van der Waals surface area contributed by atoms with Crippen LogP contribution in [-0.4, -0.2) is 60.2 Å². The van der Waals surface area contributed by atoms with Crippen LogP contribution in [0.2, 0.25) is 0 Å². The number of nitrogens with zero attached hydrogens (tertiary/aromatic N) is 4. The maximum atomic E-state index is 12.8. The molecule has 1 amide bonds. The van der Waals surface area contributed by atoms with Crippen LogP contribution in [0, 0.1) is 0 Å². The number of aryl methyl sites for hydroxylation is 1. The third-order valence-electron chi connectivity index (χ3n) is 4.48. The largest absolute Gasteiger partial charge is 0.337 e. The van der Waals surface area contributed by atoms with E-state index in [1.54, 1.807) is 35.6 Å². The van der Waals surface area contributed by atoms with Gasteiger partial charge in [0, 0.05) is 32.2 Å². The predicted octanol–water partition coefficient (Wildman–Crippen LogP) is 0.290. The monoisotopic (exact) mass is 392 g/mol. The van der Waals surface area contributed by atoms with Gasteiger partial charge in [-0.3, -0.25) is 4.79 Å². The Labute approximate surface area is 158 Å². The first kappa shape index (κ1) is 19.5. The molecule has 1 fully saturated rings. The number of hydrogen-bond acceptors (Lipinski definition) is 6. The van der Waals surface area contributed by atoms with Crippen LogP contribution in [0.25, 0.3) is 0 Å². The third-order valence-corrected chi connectivity index (χ3v) is 6.02. The van der Waals surface area contributed by atoms with E-state index in [1.807, 2.05) is 0 Å². The Hall–Kier alpha value is -2.30. The van der Waals surface area contributed by atoms with Gasteiger partial charge in [-0.05, 0) is 38.1 Å². The van der Waals surface area contributed by atoms with Crippen LogP contribution < -0.4 is 10.0 Å². The van der Waals surface area contributed by atoms with Crippen molar-refractivity contribution in [3.8, 4) is 0 Å². The highest BCUT2D eigenvalue weighted by Gasteiger charge is 2.23. The molecule has 3 rings (SSSR count). The van der Waals surface area contributed by atoms with E-state index in [4.69, 9.17) is 0 Å². The molecule has 0 spiro atoms. The second-order valence-corrected chi connectivity index (χ2v) is 8.28. The van der Waals surface area contributed by atoms with Crippen LogP contribution in [-0.2, 0) is 17.1 Å². The van der Waals surface area contributed by atoms with Gasteiger partial charge in [-0.15, -0.1) is 10.2 Å². The summed E-state index contributed by atoms with van der Waals surface area (Å²) in [6.45, 7) is 4.57. The van der Waals surface area contributed by atoms with Crippen molar-refractivity contribution in [3.05, 3.63) is 42.0 Å². The normalized spacial score (nSPS) is 16.7. The summed E-state index contributed by atoms with van der Waals surface area (Å²) in [6, 6.07) is 5.58. The highest BCUT2D eigenvalue weighted by molar-refractivity contribution is 7.89. The molecule has 1 aromatic heterocycles. The van der Waals surface area contributed by atoms with E-state index in [-0.39, 0.29) is 10.8 Å². The summed E-state index contributed by atoms with van der Waals surface area (Å²) in [7, 11) is -2.06. The van der Waals surface area contributed by atoms with E-state index in [1.165, 1.54) is 18.5 Å². The summed E-state index contributed by atoms with van der Waals surface area (Å²) in [5.74, 6) is 0.347. The van der Waals surface area contributed by atoms with Gasteiger partial charge in [-0.25, -0.2) is 13.1 Å². The van der Waals surface area contributed by atoms with Crippen molar-refractivity contribution in [2.24, 2.45) is 7.05 Å². The van der Waals surface area contributed by atoms with Gasteiger partial charge in [-0.1, -0.05) is 6.07 Å². The Kier molecular flexibility index (Phi) is 5.88. The number of carbonyl (C=O) groups excluding carboxylic acids is 1. The lowest BCUT2D eigenvalue weighted by molar-refractivity contribution is 0.0766. The molecular weight excluding hydrogens is 368 g/mol. The molecule has 9 nitrogen and oxygen atoms in total. The minimum atomic E-state index is -3.81. The molecule has 10 heteroatoms. The smallest absolute Gasteiger partial charge is 0.253 e.